The van der Waals surface area contributed by atoms with Crippen LogP contribution in [0.1, 0.15) is 47.0 Å². The van der Waals surface area contributed by atoms with E-state index in [1.54, 1.807) is 0 Å². The molecule has 0 spiro atoms. The maximum Gasteiger partial charge on any atom is 0.109 e. The highest BCUT2D eigenvalue weighted by atomic mass is 35.5. The maximum absolute atomic E-state index is 6.28. The van der Waals surface area contributed by atoms with Gasteiger partial charge in [0.2, 0.25) is 0 Å². The summed E-state index contributed by atoms with van der Waals surface area (Å²) in [6.07, 6.45) is 3.36. The van der Waals surface area contributed by atoms with E-state index in [1.165, 1.54) is 6.42 Å². The summed E-state index contributed by atoms with van der Waals surface area (Å²) in [4.78, 5) is -0.000486. The Balaban J connectivity index is 4.02. The van der Waals surface area contributed by atoms with Gasteiger partial charge in [-0.15, -0.1) is 11.6 Å². The van der Waals surface area contributed by atoms with Gasteiger partial charge in [-0.05, 0) is 19.8 Å². The molecule has 0 aliphatic rings. The minimum absolute atomic E-state index is 0.000486. The molecule has 0 bridgehead atoms. The van der Waals surface area contributed by atoms with Gasteiger partial charge in [-0.25, -0.2) is 0 Å². The first-order chi connectivity index (χ1) is 4.83. The largest absolute Gasteiger partial charge is 0.120 e. The van der Waals surface area contributed by atoms with E-state index in [9.17, 15) is 0 Å². The van der Waals surface area contributed by atoms with Gasteiger partial charge in [0.25, 0.3) is 0 Å². The molecule has 11 heavy (non-hydrogen) atoms. The highest BCUT2D eigenvalue weighted by molar-refractivity contribution is 6.24. The maximum atomic E-state index is 6.28. The summed E-state index contributed by atoms with van der Waals surface area (Å²) >= 11 is 6.28. The predicted molar refractivity (Wildman–Crippen MR) is 56.4 cm³/mol. The fourth-order valence-electron chi connectivity index (χ4n) is 1.25. The van der Waals surface area contributed by atoms with Gasteiger partial charge in [-0.1, -0.05) is 32.5 Å². The van der Waals surface area contributed by atoms with Gasteiger partial charge in [-0.2, -0.15) is 0 Å². The van der Waals surface area contributed by atoms with Crippen LogP contribution in [-0.4, -0.2) is 12.7 Å². The van der Waals surface area contributed by atoms with E-state index in [-0.39, 0.29) is 4.87 Å². The van der Waals surface area contributed by atoms with Crippen LogP contribution in [0.4, 0.5) is 0 Å². The normalized spacial score (nSPS) is 22.3. The zero-order valence-electron chi connectivity index (χ0n) is 8.50. The molecule has 0 fully saturated rings. The lowest BCUT2D eigenvalue weighted by atomic mass is 9.63. The molecule has 0 aromatic heterocycles. The highest BCUT2D eigenvalue weighted by Crippen LogP contribution is 2.39. The Morgan fingerprint density at radius 1 is 1.18 bits per heavy atom. The molecular formula is C9H20BCl. The molecule has 0 aromatic rings. The molecule has 0 aromatic carbocycles. The Morgan fingerprint density at radius 2 is 1.64 bits per heavy atom. The minimum atomic E-state index is -0.000486. The molecule has 0 aliphatic heterocycles. The van der Waals surface area contributed by atoms with Crippen molar-refractivity contribution in [3.63, 3.8) is 0 Å². The first-order valence-corrected chi connectivity index (χ1v) is 4.90. The third-order valence-electron chi connectivity index (χ3n) is 2.54. The molecular weight excluding hydrogens is 154 g/mol. The molecule has 0 heterocycles. The molecule has 0 N–H and O–H groups in total. The number of hydrogen-bond acceptors (Lipinski definition) is 0. The van der Waals surface area contributed by atoms with Gasteiger partial charge in [0, 0.05) is 4.87 Å². The van der Waals surface area contributed by atoms with Crippen molar-refractivity contribution in [1.29, 1.82) is 0 Å². The average molecular weight is 175 g/mol. The van der Waals surface area contributed by atoms with E-state index in [0.29, 0.717) is 5.31 Å². The van der Waals surface area contributed by atoms with Gasteiger partial charge in [0.1, 0.15) is 7.85 Å². The third kappa shape index (κ3) is 4.74. The Labute approximate surface area is 77.1 Å². The summed E-state index contributed by atoms with van der Waals surface area (Å²) in [5, 5.41) is 0.395. The highest BCUT2D eigenvalue weighted by Gasteiger charge is 2.27. The van der Waals surface area contributed by atoms with E-state index in [4.69, 9.17) is 11.6 Å². The molecule has 0 saturated heterocycles. The van der Waals surface area contributed by atoms with Crippen molar-refractivity contribution >= 4 is 19.4 Å². The van der Waals surface area contributed by atoms with Crippen molar-refractivity contribution in [1.82, 2.24) is 0 Å². The third-order valence-corrected chi connectivity index (χ3v) is 2.94. The molecule has 0 amide bonds. The first kappa shape index (κ1) is 11.4. The number of halogens is 1. The van der Waals surface area contributed by atoms with Crippen molar-refractivity contribution in [2.24, 2.45) is 0 Å². The monoisotopic (exact) mass is 174 g/mol. The quantitative estimate of drug-likeness (QED) is 0.454. The lowest BCUT2D eigenvalue weighted by Crippen LogP contribution is -2.23. The molecule has 0 nitrogen and oxygen atoms in total. The number of alkyl halides is 1. The Kier molecular flexibility index (Phi) is 3.97. The van der Waals surface area contributed by atoms with Crippen LogP contribution in [0.15, 0.2) is 0 Å². The van der Waals surface area contributed by atoms with Crippen LogP contribution in [-0.2, 0) is 0 Å². The molecule has 2 heteroatoms. The number of hydrogen-bond donors (Lipinski definition) is 0. The second-order valence-electron chi connectivity index (χ2n) is 4.46. The predicted octanol–water partition coefficient (Wildman–Crippen LogP) is 3.01. The lowest BCUT2D eigenvalue weighted by Gasteiger charge is -2.31. The zero-order valence-corrected chi connectivity index (χ0v) is 9.26. The fourth-order valence-corrected chi connectivity index (χ4v) is 1.61. The topological polar surface area (TPSA) is 0 Å². The summed E-state index contributed by atoms with van der Waals surface area (Å²) in [5.41, 5.74) is 0. The van der Waals surface area contributed by atoms with Crippen molar-refractivity contribution in [3.8, 4) is 0 Å². The zero-order chi connectivity index (χ0) is 9.12. The van der Waals surface area contributed by atoms with Gasteiger partial charge in [0.05, 0.1) is 0 Å². The molecule has 66 valence electrons. The van der Waals surface area contributed by atoms with Crippen molar-refractivity contribution in [3.05, 3.63) is 0 Å². The van der Waals surface area contributed by atoms with E-state index in [1.807, 2.05) is 0 Å². The van der Waals surface area contributed by atoms with Gasteiger partial charge in [0.15, 0.2) is 0 Å². The summed E-state index contributed by atoms with van der Waals surface area (Å²) in [5.74, 6) is 0. The Bertz CT molecular complexity index is 105. The minimum Gasteiger partial charge on any atom is -0.120 e. The molecule has 1 unspecified atom stereocenters. The second kappa shape index (κ2) is 3.84. The van der Waals surface area contributed by atoms with Gasteiger partial charge < -0.3 is 0 Å². The van der Waals surface area contributed by atoms with Crippen LogP contribution in [0.5, 0.6) is 0 Å². The SMILES string of the molecule is B[C@](C)(CC)CC(C)(Cl)CC. The van der Waals surface area contributed by atoms with Crippen LogP contribution < -0.4 is 0 Å². The van der Waals surface area contributed by atoms with Crippen LogP contribution >= 0.6 is 11.6 Å². The summed E-state index contributed by atoms with van der Waals surface area (Å²) in [7, 11) is 2.28. The van der Waals surface area contributed by atoms with Crippen molar-refractivity contribution in [2.45, 2.75) is 57.1 Å². The van der Waals surface area contributed by atoms with Gasteiger partial charge in [-0.3, -0.25) is 0 Å². The van der Waals surface area contributed by atoms with Gasteiger partial charge >= 0.3 is 0 Å². The summed E-state index contributed by atoms with van der Waals surface area (Å²) in [6, 6.07) is 0. The average Bonchev–Trinajstić information content (AvgIpc) is 1.86. The molecule has 2 atom stereocenters. The molecule has 0 radical (unpaired) electrons. The fraction of sp³-hybridized carbons (Fsp3) is 1.00. The first-order valence-electron chi connectivity index (χ1n) is 4.52. The summed E-state index contributed by atoms with van der Waals surface area (Å²) in [6.45, 7) is 8.79. The van der Waals surface area contributed by atoms with E-state index < -0.39 is 0 Å². The van der Waals surface area contributed by atoms with E-state index >= 15 is 0 Å². The molecule has 0 rings (SSSR count). The molecule has 0 saturated carbocycles. The van der Waals surface area contributed by atoms with Crippen LogP contribution in [0.25, 0.3) is 0 Å². The van der Waals surface area contributed by atoms with Crippen LogP contribution in [0.3, 0.4) is 0 Å². The lowest BCUT2D eigenvalue weighted by molar-refractivity contribution is 0.440. The Morgan fingerprint density at radius 3 is 1.91 bits per heavy atom. The summed E-state index contributed by atoms with van der Waals surface area (Å²) < 4.78 is 0. The standard InChI is InChI=1S/C9H20BCl/c1-5-8(3,10)7-9(4,11)6-2/h5-7,10H2,1-4H3/t8-,9?/m1/s1. The smallest absolute Gasteiger partial charge is 0.109 e. The van der Waals surface area contributed by atoms with Crippen LogP contribution in [0, 0.1) is 0 Å². The van der Waals surface area contributed by atoms with E-state index in [0.717, 1.165) is 12.8 Å². The van der Waals surface area contributed by atoms with Crippen LogP contribution in [0.2, 0.25) is 5.31 Å². The van der Waals surface area contributed by atoms with E-state index in [2.05, 4.69) is 35.5 Å². The molecule has 0 aliphatic carbocycles. The Hall–Kier alpha value is 0.355. The second-order valence-corrected chi connectivity index (χ2v) is 5.37. The number of rotatable bonds is 4. The van der Waals surface area contributed by atoms with Crippen molar-refractivity contribution in [2.75, 3.05) is 0 Å². The van der Waals surface area contributed by atoms with Crippen molar-refractivity contribution < 1.29 is 0 Å².